The molecule has 0 spiro atoms. The van der Waals surface area contributed by atoms with Gasteiger partial charge in [-0.25, -0.2) is 0 Å². The van der Waals surface area contributed by atoms with Crippen molar-refractivity contribution < 1.29 is 4.92 Å². The van der Waals surface area contributed by atoms with E-state index in [2.05, 4.69) is 6.07 Å². The number of nitrogens with zero attached hydrogens (tertiary/aromatic N) is 2. The number of allylic oxidation sites excluding steroid dienone is 1. The maximum absolute atomic E-state index is 11.6. The summed E-state index contributed by atoms with van der Waals surface area (Å²) in [5, 5.41) is 21.1. The number of nitro groups is 1. The molecule has 2 atom stereocenters. The lowest BCUT2D eigenvalue weighted by molar-refractivity contribution is -0.593. The Kier molecular flexibility index (Phi) is 2.73. The maximum atomic E-state index is 11.6. The molecule has 2 aliphatic carbocycles. The Labute approximate surface area is 101 Å². The summed E-state index contributed by atoms with van der Waals surface area (Å²) in [6.07, 6.45) is 4.08. The summed E-state index contributed by atoms with van der Waals surface area (Å²) in [7, 11) is 0. The smallest absolute Gasteiger partial charge is 0.244 e. The molecule has 0 amide bonds. The molecular weight excluding hydrogens is 216 g/mol. The van der Waals surface area contributed by atoms with Crippen LogP contribution >= 0.6 is 0 Å². The van der Waals surface area contributed by atoms with Crippen LogP contribution in [0, 0.1) is 26.9 Å². The van der Waals surface area contributed by atoms with E-state index in [9.17, 15) is 15.4 Å². The second kappa shape index (κ2) is 3.83. The molecule has 0 unspecified atom stereocenters. The molecule has 0 bridgehead atoms. The lowest BCUT2D eigenvalue weighted by Crippen LogP contribution is -2.57. The van der Waals surface area contributed by atoms with Gasteiger partial charge < -0.3 is 0 Å². The topological polar surface area (TPSA) is 66.9 Å². The minimum Gasteiger partial charge on any atom is -0.264 e. The first-order valence-electron chi connectivity index (χ1n) is 6.18. The molecule has 0 aliphatic heterocycles. The molecule has 2 rings (SSSR count). The van der Waals surface area contributed by atoms with Gasteiger partial charge in [-0.2, -0.15) is 5.26 Å². The number of nitriles is 1. The monoisotopic (exact) mass is 234 g/mol. The molecule has 0 aromatic rings. The van der Waals surface area contributed by atoms with Gasteiger partial charge in [0.05, 0.1) is 6.07 Å². The first-order chi connectivity index (χ1) is 7.97. The van der Waals surface area contributed by atoms with E-state index >= 15 is 0 Å². The molecule has 0 aromatic carbocycles. The Hall–Kier alpha value is -1.37. The maximum Gasteiger partial charge on any atom is 0.244 e. The van der Waals surface area contributed by atoms with Gasteiger partial charge in [-0.3, -0.25) is 10.1 Å². The fraction of sp³-hybridized carbons (Fsp3) is 0.769. The summed E-state index contributed by atoms with van der Waals surface area (Å²) in [6, 6.07) is 2.32. The third kappa shape index (κ3) is 1.49. The minimum atomic E-state index is -1.02. The van der Waals surface area contributed by atoms with Crippen molar-refractivity contribution in [3.05, 3.63) is 21.3 Å². The van der Waals surface area contributed by atoms with Crippen LogP contribution in [0.5, 0.6) is 0 Å². The van der Waals surface area contributed by atoms with Crippen molar-refractivity contribution in [3.63, 3.8) is 0 Å². The van der Waals surface area contributed by atoms with Crippen LogP contribution in [-0.2, 0) is 0 Å². The van der Waals surface area contributed by atoms with Gasteiger partial charge in [-0.15, -0.1) is 0 Å². The second-order valence-corrected chi connectivity index (χ2v) is 5.60. The largest absolute Gasteiger partial charge is 0.264 e. The molecule has 0 radical (unpaired) electrons. The van der Waals surface area contributed by atoms with Gasteiger partial charge in [0, 0.05) is 17.8 Å². The van der Waals surface area contributed by atoms with Crippen molar-refractivity contribution in [1.82, 2.24) is 0 Å². The van der Waals surface area contributed by atoms with Crippen LogP contribution in [0.25, 0.3) is 0 Å². The van der Waals surface area contributed by atoms with E-state index in [4.69, 9.17) is 0 Å². The third-order valence-electron chi connectivity index (χ3n) is 4.75. The standard InChI is InChI=1S/C13H18N2O2/c1-10-7-12(9-14)5-3-4-6-13(12,15(16)17)8-11(10)2/h3-8H2,1-2H3/t12-,13-/m1/s1. The Morgan fingerprint density at radius 3 is 2.41 bits per heavy atom. The highest BCUT2D eigenvalue weighted by atomic mass is 16.6. The van der Waals surface area contributed by atoms with E-state index in [0.29, 0.717) is 25.7 Å². The molecule has 2 aliphatic rings. The van der Waals surface area contributed by atoms with Crippen LogP contribution in [0.2, 0.25) is 0 Å². The van der Waals surface area contributed by atoms with Gasteiger partial charge in [-0.05, 0) is 33.1 Å². The molecule has 0 heterocycles. The van der Waals surface area contributed by atoms with Crippen molar-refractivity contribution >= 4 is 0 Å². The molecule has 92 valence electrons. The predicted molar refractivity (Wildman–Crippen MR) is 63.8 cm³/mol. The van der Waals surface area contributed by atoms with Crippen molar-refractivity contribution in [3.8, 4) is 6.07 Å². The summed E-state index contributed by atoms with van der Waals surface area (Å²) in [4.78, 5) is 11.4. The van der Waals surface area contributed by atoms with Gasteiger partial charge in [0.25, 0.3) is 0 Å². The lowest BCUT2D eigenvalue weighted by atomic mass is 9.54. The SMILES string of the molecule is CC1=C(C)C[C@]2([N+](=O)[O-])CCCC[C@]2(C#N)C1. The van der Waals surface area contributed by atoms with E-state index in [1.54, 1.807) is 0 Å². The van der Waals surface area contributed by atoms with Crippen molar-refractivity contribution in [2.45, 2.75) is 57.9 Å². The highest BCUT2D eigenvalue weighted by Crippen LogP contribution is 2.55. The van der Waals surface area contributed by atoms with E-state index < -0.39 is 11.0 Å². The molecule has 0 N–H and O–H groups in total. The van der Waals surface area contributed by atoms with Gasteiger partial charge in [-0.1, -0.05) is 17.6 Å². The van der Waals surface area contributed by atoms with E-state index in [1.807, 2.05) is 13.8 Å². The summed E-state index contributed by atoms with van der Waals surface area (Å²) in [5.41, 5.74) is 0.488. The summed E-state index contributed by atoms with van der Waals surface area (Å²) >= 11 is 0. The lowest BCUT2D eigenvalue weighted by Gasteiger charge is -2.46. The molecule has 4 heteroatoms. The number of hydrogen-bond acceptors (Lipinski definition) is 3. The summed E-state index contributed by atoms with van der Waals surface area (Å²) in [6.45, 7) is 3.98. The van der Waals surface area contributed by atoms with Crippen molar-refractivity contribution in [2.75, 3.05) is 0 Å². The summed E-state index contributed by atoms with van der Waals surface area (Å²) in [5.74, 6) is 0. The van der Waals surface area contributed by atoms with Crippen LogP contribution in [-0.4, -0.2) is 10.5 Å². The number of fused-ring (bicyclic) bond motifs is 1. The van der Waals surface area contributed by atoms with E-state index in [-0.39, 0.29) is 4.92 Å². The van der Waals surface area contributed by atoms with Gasteiger partial charge in [0.1, 0.15) is 5.41 Å². The normalized spacial score (nSPS) is 37.2. The first-order valence-corrected chi connectivity index (χ1v) is 6.18. The van der Waals surface area contributed by atoms with Crippen LogP contribution in [0.1, 0.15) is 52.4 Å². The van der Waals surface area contributed by atoms with Crippen LogP contribution in [0.3, 0.4) is 0 Å². The predicted octanol–water partition coefficient (Wildman–Crippen LogP) is 3.22. The highest BCUT2D eigenvalue weighted by molar-refractivity contribution is 5.29. The Morgan fingerprint density at radius 2 is 1.82 bits per heavy atom. The summed E-state index contributed by atoms with van der Waals surface area (Å²) < 4.78 is 0. The molecule has 1 fully saturated rings. The highest BCUT2D eigenvalue weighted by Gasteiger charge is 2.64. The molecule has 0 saturated heterocycles. The first kappa shape index (κ1) is 12.1. The molecule has 0 aromatic heterocycles. The van der Waals surface area contributed by atoms with Crippen molar-refractivity contribution in [2.24, 2.45) is 5.41 Å². The van der Waals surface area contributed by atoms with Crippen LogP contribution in [0.4, 0.5) is 0 Å². The van der Waals surface area contributed by atoms with Crippen LogP contribution < -0.4 is 0 Å². The zero-order valence-electron chi connectivity index (χ0n) is 10.5. The van der Waals surface area contributed by atoms with E-state index in [1.165, 1.54) is 5.57 Å². The molecule has 17 heavy (non-hydrogen) atoms. The van der Waals surface area contributed by atoms with Gasteiger partial charge in [0.2, 0.25) is 5.54 Å². The quantitative estimate of drug-likeness (QED) is 0.397. The van der Waals surface area contributed by atoms with E-state index in [0.717, 1.165) is 18.4 Å². The molecular formula is C13H18N2O2. The fourth-order valence-corrected chi connectivity index (χ4v) is 3.55. The Bertz CT molecular complexity index is 435. The Balaban J connectivity index is 2.57. The third-order valence-corrected chi connectivity index (χ3v) is 4.75. The minimum absolute atomic E-state index is 0.161. The Morgan fingerprint density at radius 1 is 1.24 bits per heavy atom. The van der Waals surface area contributed by atoms with Gasteiger partial charge >= 0.3 is 0 Å². The molecule has 1 saturated carbocycles. The average Bonchev–Trinajstić information content (AvgIpc) is 2.30. The van der Waals surface area contributed by atoms with Gasteiger partial charge in [0.15, 0.2) is 0 Å². The molecule has 4 nitrogen and oxygen atoms in total. The number of rotatable bonds is 1. The average molecular weight is 234 g/mol. The van der Waals surface area contributed by atoms with Crippen molar-refractivity contribution in [1.29, 1.82) is 5.26 Å². The second-order valence-electron chi connectivity index (χ2n) is 5.60. The van der Waals surface area contributed by atoms with Crippen LogP contribution in [0.15, 0.2) is 11.1 Å². The zero-order valence-corrected chi connectivity index (χ0v) is 10.5. The number of hydrogen-bond donors (Lipinski definition) is 0. The fourth-order valence-electron chi connectivity index (χ4n) is 3.55. The zero-order chi connectivity index (χ0) is 12.7.